The van der Waals surface area contributed by atoms with Crippen molar-refractivity contribution in [3.8, 4) is 11.5 Å². The highest BCUT2D eigenvalue weighted by Gasteiger charge is 2.20. The van der Waals surface area contributed by atoms with E-state index in [0.29, 0.717) is 24.0 Å². The third-order valence-electron chi connectivity index (χ3n) is 6.65. The minimum atomic E-state index is 0.538. The summed E-state index contributed by atoms with van der Waals surface area (Å²) < 4.78 is 7.46. The Morgan fingerprint density at radius 1 is 1.10 bits per heavy atom. The first-order valence-corrected chi connectivity index (χ1v) is 15.4. The molecular formula is C29H27N5O2S3. The summed E-state index contributed by atoms with van der Waals surface area (Å²) in [4.78, 5) is 29.2. The smallest absolute Gasteiger partial charge is 0.188 e. The van der Waals surface area contributed by atoms with Crippen LogP contribution in [-0.4, -0.2) is 45.8 Å². The van der Waals surface area contributed by atoms with Gasteiger partial charge in [0.25, 0.3) is 0 Å². The summed E-state index contributed by atoms with van der Waals surface area (Å²) in [6.07, 6.45) is 7.85. The second-order valence-corrected chi connectivity index (χ2v) is 12.3. The average molecular weight is 574 g/mol. The average Bonchev–Trinajstić information content (AvgIpc) is 3.62. The van der Waals surface area contributed by atoms with Crippen molar-refractivity contribution in [3.63, 3.8) is 0 Å². The van der Waals surface area contributed by atoms with Crippen LogP contribution in [0, 0.1) is 5.92 Å². The third kappa shape index (κ3) is 6.47. The van der Waals surface area contributed by atoms with Crippen LogP contribution in [0.5, 0.6) is 11.5 Å². The van der Waals surface area contributed by atoms with Gasteiger partial charge in [0, 0.05) is 33.6 Å². The lowest BCUT2D eigenvalue weighted by atomic mass is 9.92. The fourth-order valence-electron chi connectivity index (χ4n) is 4.66. The summed E-state index contributed by atoms with van der Waals surface area (Å²) in [5.74, 6) is 2.61. The number of ether oxygens (including phenoxy) is 1. The van der Waals surface area contributed by atoms with E-state index in [1.54, 1.807) is 34.4 Å². The Labute approximate surface area is 239 Å². The number of likely N-dealkylation sites (tertiary alicyclic amines) is 1. The second kappa shape index (κ2) is 12.3. The number of benzene rings is 1. The maximum absolute atomic E-state index is 10.8. The number of fused-ring (bicyclic) bond motifs is 1. The number of hydrogen-bond acceptors (Lipinski definition) is 10. The van der Waals surface area contributed by atoms with Crippen LogP contribution in [0.2, 0.25) is 0 Å². The van der Waals surface area contributed by atoms with Crippen molar-refractivity contribution in [3.05, 3.63) is 77.4 Å². The first-order chi connectivity index (χ1) is 19.2. The number of para-hydroxylation sites is 1. The Bertz CT molecular complexity index is 1550. The minimum Gasteiger partial charge on any atom is -0.453 e. The lowest BCUT2D eigenvalue weighted by Crippen LogP contribution is -2.35. The number of nitrogens with zero attached hydrogens (tertiary/aromatic N) is 4. The number of nitrogens with one attached hydrogen (secondary N) is 1. The van der Waals surface area contributed by atoms with E-state index in [2.05, 4.69) is 26.0 Å². The Morgan fingerprint density at radius 2 is 1.97 bits per heavy atom. The zero-order chi connectivity index (χ0) is 26.4. The first kappa shape index (κ1) is 25.9. The molecular weight excluding hydrogens is 547 g/mol. The van der Waals surface area contributed by atoms with E-state index < -0.39 is 0 Å². The van der Waals surface area contributed by atoms with Crippen LogP contribution in [0.1, 0.15) is 18.5 Å². The van der Waals surface area contributed by atoms with Gasteiger partial charge in [-0.25, -0.2) is 9.97 Å². The molecule has 0 spiro atoms. The van der Waals surface area contributed by atoms with Gasteiger partial charge in [-0.1, -0.05) is 30.0 Å². The molecule has 0 aliphatic carbocycles. The molecule has 6 rings (SSSR count). The van der Waals surface area contributed by atoms with Gasteiger partial charge < -0.3 is 14.8 Å². The molecule has 1 saturated heterocycles. The molecule has 1 aliphatic rings. The summed E-state index contributed by atoms with van der Waals surface area (Å²) in [6, 6.07) is 15.8. The number of thiophene rings is 1. The van der Waals surface area contributed by atoms with Crippen molar-refractivity contribution in [2.45, 2.75) is 29.1 Å². The fraction of sp³-hybridized carbons (Fsp3) is 0.241. The number of aromatic nitrogens is 3. The van der Waals surface area contributed by atoms with Crippen molar-refractivity contribution in [1.82, 2.24) is 19.9 Å². The van der Waals surface area contributed by atoms with Crippen molar-refractivity contribution in [2.24, 2.45) is 5.92 Å². The zero-order valence-electron chi connectivity index (χ0n) is 21.2. The van der Waals surface area contributed by atoms with E-state index >= 15 is 0 Å². The van der Waals surface area contributed by atoms with Gasteiger partial charge in [-0.2, -0.15) is 0 Å². The predicted molar refractivity (Wildman–Crippen MR) is 159 cm³/mol. The number of rotatable bonds is 10. The van der Waals surface area contributed by atoms with Crippen LogP contribution in [0.4, 0.5) is 10.9 Å². The zero-order valence-corrected chi connectivity index (χ0v) is 23.6. The van der Waals surface area contributed by atoms with Crippen molar-refractivity contribution >= 4 is 61.9 Å². The topological polar surface area (TPSA) is 80.2 Å². The minimum absolute atomic E-state index is 0.538. The van der Waals surface area contributed by atoms with E-state index in [1.165, 1.54) is 4.70 Å². The Hall–Kier alpha value is -3.31. The molecule has 198 valence electrons. The molecule has 1 aromatic carbocycles. The van der Waals surface area contributed by atoms with Gasteiger partial charge in [-0.3, -0.25) is 9.88 Å². The van der Waals surface area contributed by atoms with E-state index in [4.69, 9.17) is 14.7 Å². The van der Waals surface area contributed by atoms with Gasteiger partial charge in [0.1, 0.15) is 12.0 Å². The highest BCUT2D eigenvalue weighted by Crippen LogP contribution is 2.39. The molecule has 5 heterocycles. The summed E-state index contributed by atoms with van der Waals surface area (Å²) in [6.45, 7) is 2.49. The maximum atomic E-state index is 10.8. The molecule has 5 aromatic rings. The highest BCUT2D eigenvalue weighted by atomic mass is 32.2. The first-order valence-electron chi connectivity index (χ1n) is 12.8. The molecule has 10 heteroatoms. The number of aldehydes is 1. The standard InChI is InChI=1S/C29H27N5O2S3/c35-14-13-34-11-7-20(8-12-34)16-21-19-38-29(32-21)33-28-25(36-22-4-2-1-3-5-22)17-23(18-31-28)39-26-6-10-30-24-9-15-37-27(24)26/h1-6,9-10,14-15,17-20H,7-8,11-13,16H2,(H,31,32,33). The Kier molecular flexibility index (Phi) is 8.15. The van der Waals surface area contributed by atoms with Gasteiger partial charge in [-0.15, -0.1) is 22.7 Å². The molecule has 1 fully saturated rings. The lowest BCUT2D eigenvalue weighted by molar-refractivity contribution is -0.109. The normalized spacial score (nSPS) is 14.5. The van der Waals surface area contributed by atoms with Gasteiger partial charge >= 0.3 is 0 Å². The van der Waals surface area contributed by atoms with Crippen LogP contribution in [0.15, 0.2) is 81.5 Å². The molecule has 0 radical (unpaired) electrons. The lowest BCUT2D eigenvalue weighted by Gasteiger charge is -2.30. The van der Waals surface area contributed by atoms with Gasteiger partial charge in [0.15, 0.2) is 16.7 Å². The number of thiazole rings is 1. The van der Waals surface area contributed by atoms with E-state index in [0.717, 1.165) is 70.5 Å². The highest BCUT2D eigenvalue weighted by molar-refractivity contribution is 7.99. The van der Waals surface area contributed by atoms with Gasteiger partial charge in [-0.05, 0) is 67.9 Å². The maximum Gasteiger partial charge on any atom is 0.188 e. The van der Waals surface area contributed by atoms with Crippen LogP contribution < -0.4 is 10.1 Å². The fourth-order valence-corrected chi connectivity index (χ4v) is 7.26. The Morgan fingerprint density at radius 3 is 2.82 bits per heavy atom. The molecule has 7 nitrogen and oxygen atoms in total. The predicted octanol–water partition coefficient (Wildman–Crippen LogP) is 7.29. The van der Waals surface area contributed by atoms with E-state index in [1.807, 2.05) is 60.9 Å². The molecule has 0 amide bonds. The number of carbonyl (C=O) groups is 1. The van der Waals surface area contributed by atoms with Crippen molar-refractivity contribution < 1.29 is 9.53 Å². The molecule has 39 heavy (non-hydrogen) atoms. The van der Waals surface area contributed by atoms with E-state index in [-0.39, 0.29) is 0 Å². The van der Waals surface area contributed by atoms with E-state index in [9.17, 15) is 4.79 Å². The molecule has 0 bridgehead atoms. The molecule has 4 aromatic heterocycles. The van der Waals surface area contributed by atoms with Crippen molar-refractivity contribution in [1.29, 1.82) is 0 Å². The molecule has 1 N–H and O–H groups in total. The number of pyridine rings is 2. The van der Waals surface area contributed by atoms with Gasteiger partial charge in [0.2, 0.25) is 0 Å². The summed E-state index contributed by atoms with van der Waals surface area (Å²) in [7, 11) is 0. The Balaban J connectivity index is 1.19. The van der Waals surface area contributed by atoms with Crippen LogP contribution in [0.3, 0.4) is 0 Å². The molecule has 0 unspecified atom stereocenters. The van der Waals surface area contributed by atoms with Crippen LogP contribution >= 0.6 is 34.4 Å². The summed E-state index contributed by atoms with van der Waals surface area (Å²) in [5.41, 5.74) is 2.09. The molecule has 0 saturated carbocycles. The number of carbonyl (C=O) groups excluding carboxylic acids is 1. The second-order valence-electron chi connectivity index (χ2n) is 9.36. The number of piperidine rings is 1. The number of hydrogen-bond donors (Lipinski definition) is 1. The SMILES string of the molecule is O=CCN1CCC(Cc2csc(Nc3ncc(Sc4ccnc5ccsc45)cc3Oc3ccccc3)n2)CC1. The third-order valence-corrected chi connectivity index (χ3v) is 9.54. The monoisotopic (exact) mass is 573 g/mol. The molecule has 0 atom stereocenters. The van der Waals surface area contributed by atoms with Gasteiger partial charge in [0.05, 0.1) is 22.5 Å². The number of anilines is 2. The summed E-state index contributed by atoms with van der Waals surface area (Å²) >= 11 is 4.92. The van der Waals surface area contributed by atoms with Crippen molar-refractivity contribution in [2.75, 3.05) is 25.0 Å². The van der Waals surface area contributed by atoms with Crippen LogP contribution in [0.25, 0.3) is 10.2 Å². The largest absolute Gasteiger partial charge is 0.453 e. The quantitative estimate of drug-likeness (QED) is 0.175. The van der Waals surface area contributed by atoms with Crippen LogP contribution in [-0.2, 0) is 11.2 Å². The summed E-state index contributed by atoms with van der Waals surface area (Å²) in [5, 5.41) is 8.38. The molecule has 1 aliphatic heterocycles.